The van der Waals surface area contributed by atoms with Crippen molar-refractivity contribution in [1.82, 2.24) is 4.90 Å². The summed E-state index contributed by atoms with van der Waals surface area (Å²) in [6.45, 7) is 2.77. The minimum Gasteiger partial charge on any atom is -0.497 e. The van der Waals surface area contributed by atoms with Crippen molar-refractivity contribution in [3.8, 4) is 11.5 Å². The minimum absolute atomic E-state index is 0.0455. The summed E-state index contributed by atoms with van der Waals surface area (Å²) in [5, 5.41) is 2.75. The molecular formula is C25H30F3N3O4. The van der Waals surface area contributed by atoms with E-state index in [1.807, 2.05) is 28.0 Å². The molecule has 2 fully saturated rings. The van der Waals surface area contributed by atoms with Crippen LogP contribution < -0.4 is 19.7 Å². The summed E-state index contributed by atoms with van der Waals surface area (Å²) in [6, 6.07) is 8.97. The van der Waals surface area contributed by atoms with Crippen molar-refractivity contribution in [3.05, 3.63) is 47.5 Å². The summed E-state index contributed by atoms with van der Waals surface area (Å²) >= 11 is 0. The maximum Gasteiger partial charge on any atom is 0.416 e. The number of carbonyl (C=O) groups is 1. The zero-order chi connectivity index (χ0) is 25.0. The summed E-state index contributed by atoms with van der Waals surface area (Å²) in [7, 11) is 3.19. The van der Waals surface area contributed by atoms with Gasteiger partial charge >= 0.3 is 6.18 Å². The van der Waals surface area contributed by atoms with Crippen molar-refractivity contribution in [3.63, 3.8) is 0 Å². The van der Waals surface area contributed by atoms with E-state index < -0.39 is 11.7 Å². The van der Waals surface area contributed by atoms with Gasteiger partial charge in [-0.05, 0) is 55.8 Å². The molecule has 0 aromatic heterocycles. The maximum atomic E-state index is 13.4. The van der Waals surface area contributed by atoms with Crippen LogP contribution in [0.1, 0.15) is 30.0 Å². The third-order valence-electron chi connectivity index (χ3n) is 6.46. The van der Waals surface area contributed by atoms with Gasteiger partial charge in [-0.15, -0.1) is 0 Å². The van der Waals surface area contributed by atoms with Gasteiger partial charge in [-0.3, -0.25) is 9.69 Å². The van der Waals surface area contributed by atoms with E-state index in [4.69, 9.17) is 14.2 Å². The monoisotopic (exact) mass is 493 g/mol. The minimum atomic E-state index is -4.51. The number of amides is 1. The van der Waals surface area contributed by atoms with Crippen LogP contribution in [0, 0.1) is 0 Å². The number of likely N-dealkylation sites (tertiary alicyclic amines) is 1. The standard InChI is InChI=1S/C25H30F3N3O4/c1-33-18-6-8-23(34-2)19(15-18)21-4-3-9-31(21)16-24(32)29-20-14-17(25(26,27)28)5-7-22(20)30-10-12-35-13-11-30/h5-8,14-15,21H,3-4,9-13,16H2,1-2H3,(H,29,32). The van der Waals surface area contributed by atoms with Gasteiger partial charge in [0.1, 0.15) is 11.5 Å². The Bertz CT molecular complexity index is 1040. The van der Waals surface area contributed by atoms with Gasteiger partial charge in [0, 0.05) is 24.7 Å². The normalized spacial score (nSPS) is 19.0. The van der Waals surface area contributed by atoms with Crippen LogP contribution in [0.3, 0.4) is 0 Å². The van der Waals surface area contributed by atoms with Gasteiger partial charge in [-0.25, -0.2) is 0 Å². The summed E-state index contributed by atoms with van der Waals surface area (Å²) in [5.41, 5.74) is 0.832. The van der Waals surface area contributed by atoms with Crippen LogP contribution in [0.2, 0.25) is 0 Å². The maximum absolute atomic E-state index is 13.4. The first kappa shape index (κ1) is 25.1. The van der Waals surface area contributed by atoms with Crippen LogP contribution in [0.4, 0.5) is 24.5 Å². The van der Waals surface area contributed by atoms with E-state index in [9.17, 15) is 18.0 Å². The van der Waals surface area contributed by atoms with Crippen LogP contribution in [-0.2, 0) is 15.7 Å². The number of alkyl halides is 3. The number of nitrogens with zero attached hydrogens (tertiary/aromatic N) is 2. The molecule has 190 valence electrons. The molecule has 0 bridgehead atoms. The first-order valence-corrected chi connectivity index (χ1v) is 11.6. The summed E-state index contributed by atoms with van der Waals surface area (Å²) in [5.74, 6) is 1.03. The Kier molecular flexibility index (Phi) is 7.71. The molecule has 4 rings (SSSR count). The molecule has 0 radical (unpaired) electrons. The molecule has 1 unspecified atom stereocenters. The quantitative estimate of drug-likeness (QED) is 0.620. The fourth-order valence-corrected chi connectivity index (χ4v) is 4.73. The van der Waals surface area contributed by atoms with E-state index in [1.54, 1.807) is 14.2 Å². The van der Waals surface area contributed by atoms with Crippen LogP contribution in [0.5, 0.6) is 11.5 Å². The van der Waals surface area contributed by atoms with Gasteiger partial charge in [-0.1, -0.05) is 0 Å². The van der Waals surface area contributed by atoms with Gasteiger partial charge in [0.05, 0.1) is 50.9 Å². The fourth-order valence-electron chi connectivity index (χ4n) is 4.73. The summed E-state index contributed by atoms with van der Waals surface area (Å²) < 4.78 is 56.5. The number of carbonyl (C=O) groups excluding carboxylic acids is 1. The zero-order valence-electron chi connectivity index (χ0n) is 19.9. The highest BCUT2D eigenvalue weighted by Crippen LogP contribution is 2.39. The second-order valence-electron chi connectivity index (χ2n) is 8.61. The average molecular weight is 494 g/mol. The molecule has 2 aromatic carbocycles. The highest BCUT2D eigenvalue weighted by atomic mass is 19.4. The lowest BCUT2D eigenvalue weighted by atomic mass is 10.0. The van der Waals surface area contributed by atoms with Gasteiger partial charge in [-0.2, -0.15) is 13.2 Å². The lowest BCUT2D eigenvalue weighted by molar-refractivity contribution is -0.137. The van der Waals surface area contributed by atoms with Crippen LogP contribution in [0.25, 0.3) is 0 Å². The van der Waals surface area contributed by atoms with Crippen molar-refractivity contribution < 1.29 is 32.2 Å². The van der Waals surface area contributed by atoms with Gasteiger partial charge in [0.2, 0.25) is 5.91 Å². The molecule has 1 N–H and O–H groups in total. The Morgan fingerprint density at radius 2 is 1.86 bits per heavy atom. The molecule has 35 heavy (non-hydrogen) atoms. The molecule has 2 aliphatic heterocycles. The van der Waals surface area contributed by atoms with Crippen molar-refractivity contribution in [2.45, 2.75) is 25.1 Å². The van der Waals surface area contributed by atoms with Gasteiger partial charge < -0.3 is 24.4 Å². The number of anilines is 2. The summed E-state index contributed by atoms with van der Waals surface area (Å²) in [6.07, 6.45) is -2.79. The Balaban J connectivity index is 1.54. The Morgan fingerprint density at radius 1 is 1.09 bits per heavy atom. The highest BCUT2D eigenvalue weighted by molar-refractivity contribution is 5.96. The molecule has 2 aromatic rings. The number of benzene rings is 2. The first-order chi connectivity index (χ1) is 16.8. The second-order valence-corrected chi connectivity index (χ2v) is 8.61. The van der Waals surface area contributed by atoms with Crippen molar-refractivity contribution in [2.24, 2.45) is 0 Å². The molecule has 2 heterocycles. The van der Waals surface area contributed by atoms with Crippen LogP contribution in [-0.4, -0.2) is 64.4 Å². The molecule has 2 saturated heterocycles. The van der Waals surface area contributed by atoms with Gasteiger partial charge in [0.15, 0.2) is 0 Å². The molecule has 1 atom stereocenters. The lowest BCUT2D eigenvalue weighted by Crippen LogP contribution is -2.37. The largest absolute Gasteiger partial charge is 0.497 e. The smallest absolute Gasteiger partial charge is 0.416 e. The van der Waals surface area contributed by atoms with E-state index in [2.05, 4.69) is 5.32 Å². The predicted octanol–water partition coefficient (Wildman–Crippen LogP) is 4.33. The van der Waals surface area contributed by atoms with E-state index in [0.29, 0.717) is 50.0 Å². The predicted molar refractivity (Wildman–Crippen MR) is 126 cm³/mol. The molecule has 1 amide bonds. The Labute approximate surface area is 202 Å². The van der Waals surface area contributed by atoms with E-state index in [0.717, 1.165) is 30.5 Å². The lowest BCUT2D eigenvalue weighted by Gasteiger charge is -2.31. The molecule has 7 nitrogen and oxygen atoms in total. The first-order valence-electron chi connectivity index (χ1n) is 11.6. The Hall–Kier alpha value is -2.98. The van der Waals surface area contributed by atoms with Crippen molar-refractivity contribution in [2.75, 3.05) is 63.8 Å². The zero-order valence-corrected chi connectivity index (χ0v) is 19.9. The molecule has 10 heteroatoms. The van der Waals surface area contributed by atoms with Gasteiger partial charge in [0.25, 0.3) is 0 Å². The second kappa shape index (κ2) is 10.7. The van der Waals surface area contributed by atoms with Crippen molar-refractivity contribution >= 4 is 17.3 Å². The van der Waals surface area contributed by atoms with Crippen LogP contribution >= 0.6 is 0 Å². The number of hydrogen-bond donors (Lipinski definition) is 1. The molecule has 0 aliphatic carbocycles. The number of methoxy groups -OCH3 is 2. The van der Waals surface area contributed by atoms with Crippen LogP contribution in [0.15, 0.2) is 36.4 Å². The topological polar surface area (TPSA) is 63.3 Å². The number of rotatable bonds is 7. The average Bonchev–Trinajstić information content (AvgIpc) is 3.31. The third kappa shape index (κ3) is 5.82. The number of hydrogen-bond acceptors (Lipinski definition) is 6. The summed E-state index contributed by atoms with van der Waals surface area (Å²) in [4.78, 5) is 17.0. The molecule has 0 spiro atoms. The van der Waals surface area contributed by atoms with E-state index in [1.165, 1.54) is 6.07 Å². The number of nitrogens with one attached hydrogen (secondary N) is 1. The molecule has 2 aliphatic rings. The van der Waals surface area contributed by atoms with Crippen molar-refractivity contribution in [1.29, 1.82) is 0 Å². The van der Waals surface area contributed by atoms with E-state index in [-0.39, 0.29) is 24.2 Å². The molecule has 0 saturated carbocycles. The molecular weight excluding hydrogens is 463 g/mol. The van der Waals surface area contributed by atoms with E-state index >= 15 is 0 Å². The highest BCUT2D eigenvalue weighted by Gasteiger charge is 2.33. The number of ether oxygens (including phenoxy) is 3. The third-order valence-corrected chi connectivity index (χ3v) is 6.46. The number of morpholine rings is 1. The Morgan fingerprint density at radius 3 is 2.54 bits per heavy atom. The number of halogens is 3. The SMILES string of the molecule is COc1ccc(OC)c(C2CCCN2CC(=O)Nc2cc(C(F)(F)F)ccc2N2CCOCC2)c1. The fraction of sp³-hybridized carbons (Fsp3) is 0.480.